The van der Waals surface area contributed by atoms with Gasteiger partial charge < -0.3 is 10.6 Å². The molecule has 0 radical (unpaired) electrons. The van der Waals surface area contributed by atoms with E-state index in [-0.39, 0.29) is 23.2 Å². The van der Waals surface area contributed by atoms with Gasteiger partial charge in [0.25, 0.3) is 0 Å². The summed E-state index contributed by atoms with van der Waals surface area (Å²) in [6.07, 6.45) is 3.93. The lowest BCUT2D eigenvalue weighted by Gasteiger charge is -2.28. The first-order valence-electron chi connectivity index (χ1n) is 7.67. The normalized spacial score (nSPS) is 19.5. The third kappa shape index (κ3) is 6.12. The highest BCUT2D eigenvalue weighted by Gasteiger charge is 2.22. The predicted molar refractivity (Wildman–Crippen MR) is 94.8 cm³/mol. The molecule has 23 heavy (non-hydrogen) atoms. The quantitative estimate of drug-likeness (QED) is 0.845. The summed E-state index contributed by atoms with van der Waals surface area (Å²) in [4.78, 5) is 12.4. The van der Waals surface area contributed by atoms with Gasteiger partial charge in [-0.25, -0.2) is 8.42 Å². The number of anilines is 1. The van der Waals surface area contributed by atoms with Crippen LogP contribution in [0.25, 0.3) is 0 Å². The van der Waals surface area contributed by atoms with Crippen molar-refractivity contribution < 1.29 is 13.2 Å². The molecule has 130 valence electrons. The number of benzene rings is 1. The number of hydrogen-bond acceptors (Lipinski definition) is 4. The third-order valence-electron chi connectivity index (χ3n) is 4.19. The molecule has 0 spiro atoms. The van der Waals surface area contributed by atoms with Crippen LogP contribution in [0.3, 0.4) is 0 Å². The van der Waals surface area contributed by atoms with Crippen molar-refractivity contribution in [3.8, 4) is 0 Å². The van der Waals surface area contributed by atoms with Crippen LogP contribution in [0.4, 0.5) is 5.69 Å². The minimum absolute atomic E-state index is 0. The van der Waals surface area contributed by atoms with Crippen molar-refractivity contribution in [2.45, 2.75) is 31.1 Å². The number of amides is 1. The lowest BCUT2D eigenvalue weighted by atomic mass is 9.85. The molecule has 1 aromatic rings. The molecule has 1 saturated heterocycles. The Morgan fingerprint density at radius 2 is 2.17 bits per heavy atom. The number of halogens is 1. The van der Waals surface area contributed by atoms with Gasteiger partial charge >= 0.3 is 0 Å². The first-order valence-corrected chi connectivity index (χ1v) is 9.56. The van der Waals surface area contributed by atoms with Gasteiger partial charge in [-0.3, -0.25) is 4.79 Å². The summed E-state index contributed by atoms with van der Waals surface area (Å²) in [7, 11) is -3.26. The SMILES string of the molecule is CC(CC(=O)Nc1cccc(S(C)(=O)=O)c1)C1CCCNC1.Cl. The maximum absolute atomic E-state index is 12.1. The van der Waals surface area contributed by atoms with Crippen LogP contribution in [-0.4, -0.2) is 33.7 Å². The maximum atomic E-state index is 12.1. The summed E-state index contributed by atoms with van der Waals surface area (Å²) < 4.78 is 23.1. The van der Waals surface area contributed by atoms with E-state index in [2.05, 4.69) is 17.6 Å². The van der Waals surface area contributed by atoms with Gasteiger partial charge in [0.2, 0.25) is 5.91 Å². The zero-order valence-corrected chi connectivity index (χ0v) is 15.2. The lowest BCUT2D eigenvalue weighted by Crippen LogP contribution is -2.34. The van der Waals surface area contributed by atoms with Crippen molar-refractivity contribution in [3.05, 3.63) is 24.3 Å². The largest absolute Gasteiger partial charge is 0.326 e. The molecule has 1 aliphatic heterocycles. The van der Waals surface area contributed by atoms with Crippen molar-refractivity contribution in [2.24, 2.45) is 11.8 Å². The van der Waals surface area contributed by atoms with E-state index in [1.807, 2.05) is 0 Å². The van der Waals surface area contributed by atoms with Gasteiger partial charge in [0.15, 0.2) is 9.84 Å². The molecule has 2 N–H and O–H groups in total. The molecule has 2 unspecified atom stereocenters. The number of carbonyl (C=O) groups excluding carboxylic acids is 1. The smallest absolute Gasteiger partial charge is 0.224 e. The van der Waals surface area contributed by atoms with Gasteiger partial charge in [-0.05, 0) is 56.0 Å². The predicted octanol–water partition coefficient (Wildman–Crippen LogP) is 2.48. The first-order chi connectivity index (χ1) is 10.4. The number of piperidine rings is 1. The summed E-state index contributed by atoms with van der Waals surface area (Å²) in [5, 5.41) is 6.16. The van der Waals surface area contributed by atoms with Gasteiger partial charge in [0.05, 0.1) is 4.90 Å². The number of hydrogen-bond donors (Lipinski definition) is 2. The fourth-order valence-electron chi connectivity index (χ4n) is 2.84. The van der Waals surface area contributed by atoms with Gasteiger partial charge in [-0.2, -0.15) is 0 Å². The highest BCUT2D eigenvalue weighted by atomic mass is 35.5. The number of sulfone groups is 1. The van der Waals surface area contributed by atoms with Crippen LogP contribution in [-0.2, 0) is 14.6 Å². The zero-order chi connectivity index (χ0) is 16.2. The van der Waals surface area contributed by atoms with E-state index in [9.17, 15) is 13.2 Å². The van der Waals surface area contributed by atoms with Crippen LogP contribution < -0.4 is 10.6 Å². The molecule has 0 aromatic heterocycles. The van der Waals surface area contributed by atoms with E-state index in [4.69, 9.17) is 0 Å². The van der Waals surface area contributed by atoms with E-state index in [0.717, 1.165) is 32.2 Å². The number of carbonyl (C=O) groups is 1. The minimum atomic E-state index is -3.26. The van der Waals surface area contributed by atoms with Crippen LogP contribution in [0.5, 0.6) is 0 Å². The van der Waals surface area contributed by atoms with E-state index in [1.165, 1.54) is 12.1 Å². The molecule has 1 amide bonds. The monoisotopic (exact) mass is 360 g/mol. The molecule has 2 rings (SSSR count). The molecule has 2 atom stereocenters. The molecule has 1 fully saturated rings. The molecule has 0 saturated carbocycles. The second kappa shape index (κ2) is 8.66. The molecular weight excluding hydrogens is 336 g/mol. The van der Waals surface area contributed by atoms with E-state index in [0.29, 0.717) is 23.9 Å². The van der Waals surface area contributed by atoms with Gasteiger partial charge in [0, 0.05) is 18.4 Å². The Bertz CT molecular complexity index is 628. The Kier molecular flexibility index (Phi) is 7.51. The Labute approximate surface area is 144 Å². The molecule has 5 nitrogen and oxygen atoms in total. The first kappa shape index (κ1) is 19.9. The molecular formula is C16H25ClN2O3S. The highest BCUT2D eigenvalue weighted by Crippen LogP contribution is 2.23. The van der Waals surface area contributed by atoms with Crippen LogP contribution in [0.2, 0.25) is 0 Å². The summed E-state index contributed by atoms with van der Waals surface area (Å²) in [5.74, 6) is 0.775. The summed E-state index contributed by atoms with van der Waals surface area (Å²) in [6, 6.07) is 6.38. The van der Waals surface area contributed by atoms with Crippen molar-refractivity contribution in [3.63, 3.8) is 0 Å². The van der Waals surface area contributed by atoms with Crippen LogP contribution in [0, 0.1) is 11.8 Å². The average molecular weight is 361 g/mol. The Balaban J connectivity index is 0.00000264. The van der Waals surface area contributed by atoms with Crippen molar-refractivity contribution in [1.82, 2.24) is 5.32 Å². The van der Waals surface area contributed by atoms with Crippen molar-refractivity contribution in [2.75, 3.05) is 24.7 Å². The molecule has 1 heterocycles. The molecule has 0 aliphatic carbocycles. The second-order valence-corrected chi connectivity index (χ2v) is 8.15. The second-order valence-electron chi connectivity index (χ2n) is 6.14. The van der Waals surface area contributed by atoms with E-state index < -0.39 is 9.84 Å². The highest BCUT2D eigenvalue weighted by molar-refractivity contribution is 7.90. The molecule has 1 aromatic carbocycles. The molecule has 7 heteroatoms. The fourth-order valence-corrected chi connectivity index (χ4v) is 3.51. The fraction of sp³-hybridized carbons (Fsp3) is 0.562. The van der Waals surface area contributed by atoms with Gasteiger partial charge in [0.1, 0.15) is 0 Å². The summed E-state index contributed by atoms with van der Waals surface area (Å²) in [5.41, 5.74) is 0.530. The van der Waals surface area contributed by atoms with E-state index in [1.54, 1.807) is 12.1 Å². The Hall–Kier alpha value is -1.11. The number of nitrogens with one attached hydrogen (secondary N) is 2. The molecule has 1 aliphatic rings. The van der Waals surface area contributed by atoms with Gasteiger partial charge in [-0.15, -0.1) is 12.4 Å². The lowest BCUT2D eigenvalue weighted by molar-refractivity contribution is -0.117. The third-order valence-corrected chi connectivity index (χ3v) is 5.30. The summed E-state index contributed by atoms with van der Waals surface area (Å²) in [6.45, 7) is 4.13. The number of rotatable bonds is 5. The van der Waals surface area contributed by atoms with Crippen molar-refractivity contribution >= 4 is 33.8 Å². The minimum Gasteiger partial charge on any atom is -0.326 e. The Morgan fingerprint density at radius 1 is 1.43 bits per heavy atom. The Morgan fingerprint density at radius 3 is 2.78 bits per heavy atom. The van der Waals surface area contributed by atoms with Crippen LogP contribution in [0.1, 0.15) is 26.2 Å². The van der Waals surface area contributed by atoms with Gasteiger partial charge in [-0.1, -0.05) is 13.0 Å². The molecule has 0 bridgehead atoms. The maximum Gasteiger partial charge on any atom is 0.224 e. The standard InChI is InChI=1S/C16H24N2O3S.ClH/c1-12(13-5-4-8-17-11-13)9-16(19)18-14-6-3-7-15(10-14)22(2,20)21;/h3,6-7,10,12-13,17H,4-5,8-9,11H2,1-2H3,(H,18,19);1H. The van der Waals surface area contributed by atoms with Crippen molar-refractivity contribution in [1.29, 1.82) is 0 Å². The zero-order valence-electron chi connectivity index (χ0n) is 13.5. The van der Waals surface area contributed by atoms with Crippen LogP contribution >= 0.6 is 12.4 Å². The van der Waals surface area contributed by atoms with E-state index >= 15 is 0 Å². The topological polar surface area (TPSA) is 75.3 Å². The van der Waals surface area contributed by atoms with Crippen LogP contribution in [0.15, 0.2) is 29.2 Å². The average Bonchev–Trinajstić information content (AvgIpc) is 2.47. The summed E-state index contributed by atoms with van der Waals surface area (Å²) >= 11 is 0.